The highest BCUT2D eigenvalue weighted by atomic mass is 35.5. The van der Waals surface area contributed by atoms with Crippen LogP contribution in [0.5, 0.6) is 11.5 Å². The molecule has 0 saturated carbocycles. The molecule has 0 bridgehead atoms. The first-order valence-electron chi connectivity index (χ1n) is 14.0. The highest BCUT2D eigenvalue weighted by Gasteiger charge is 2.37. The van der Waals surface area contributed by atoms with Crippen molar-refractivity contribution in [3.63, 3.8) is 0 Å². The Kier molecular flexibility index (Phi) is 10.3. The summed E-state index contributed by atoms with van der Waals surface area (Å²) >= 11 is 5.74. The molecule has 46 heavy (non-hydrogen) atoms. The zero-order valence-electron chi connectivity index (χ0n) is 25.2. The molecule has 250 valence electrons. The summed E-state index contributed by atoms with van der Waals surface area (Å²) in [6.45, 7) is 0.291. The fraction of sp³-hybridized carbons (Fsp3) is 0.433. The number of anilines is 1. The first-order valence-corrected chi connectivity index (χ1v) is 14.5. The lowest BCUT2D eigenvalue weighted by atomic mass is 10.0. The van der Waals surface area contributed by atoms with Gasteiger partial charge in [0, 0.05) is 37.9 Å². The number of aryl methyl sites for hydroxylation is 1. The summed E-state index contributed by atoms with van der Waals surface area (Å²) in [6, 6.07) is 3.84. The molecule has 9 nitrogen and oxygen atoms in total. The number of hydrogen-bond donors (Lipinski definition) is 1. The Labute approximate surface area is 264 Å². The van der Waals surface area contributed by atoms with Gasteiger partial charge in [-0.3, -0.25) is 14.4 Å². The first kappa shape index (κ1) is 34.7. The number of nitrogens with one attached hydrogen (secondary N) is 1. The van der Waals surface area contributed by atoms with Crippen LogP contribution in [0.2, 0.25) is 0 Å². The molecule has 1 saturated heterocycles. The van der Waals surface area contributed by atoms with Gasteiger partial charge >= 0.3 is 12.8 Å². The van der Waals surface area contributed by atoms with Gasteiger partial charge in [-0.05, 0) is 50.1 Å². The zero-order chi connectivity index (χ0) is 34.1. The number of methoxy groups -OCH3 is 1. The molecular formula is C30H31ClF6N4O5. The zero-order valence-corrected chi connectivity index (χ0v) is 25.9. The topological polar surface area (TPSA) is 93.1 Å². The Morgan fingerprint density at radius 2 is 1.78 bits per heavy atom. The van der Waals surface area contributed by atoms with Crippen molar-refractivity contribution < 1.29 is 45.4 Å². The maximum atomic E-state index is 15.9. The maximum Gasteiger partial charge on any atom is 0.406 e. The highest BCUT2D eigenvalue weighted by Crippen LogP contribution is 2.40. The average molecular weight is 677 g/mol. The van der Waals surface area contributed by atoms with Crippen molar-refractivity contribution in [3.8, 4) is 11.5 Å². The van der Waals surface area contributed by atoms with Crippen LogP contribution in [0.15, 0.2) is 35.3 Å². The summed E-state index contributed by atoms with van der Waals surface area (Å²) in [4.78, 5) is 42.1. The third-order valence-electron chi connectivity index (χ3n) is 7.66. The van der Waals surface area contributed by atoms with Crippen LogP contribution in [0.3, 0.4) is 0 Å². The number of aromatic nitrogens is 1. The number of alkyl halides is 6. The van der Waals surface area contributed by atoms with Crippen molar-refractivity contribution in [1.82, 2.24) is 14.8 Å². The number of piperazine rings is 1. The first-order chi connectivity index (χ1) is 21.6. The Morgan fingerprint density at radius 3 is 2.33 bits per heavy atom. The van der Waals surface area contributed by atoms with Gasteiger partial charge in [0.15, 0.2) is 11.6 Å². The van der Waals surface area contributed by atoms with E-state index in [2.05, 4.69) is 10.1 Å². The van der Waals surface area contributed by atoms with Gasteiger partial charge in [-0.1, -0.05) is 6.07 Å². The number of halogens is 7. The number of carbonyl (C=O) groups excluding carboxylic acids is 2. The normalized spacial score (nSPS) is 17.0. The number of ether oxygens (including phenoxy) is 2. The van der Waals surface area contributed by atoms with E-state index in [0.29, 0.717) is 15.7 Å². The summed E-state index contributed by atoms with van der Waals surface area (Å²) in [5.41, 5.74) is -1.37. The fourth-order valence-corrected chi connectivity index (χ4v) is 5.97. The number of nitrogens with zero attached hydrogens (tertiary/aromatic N) is 3. The maximum absolute atomic E-state index is 15.9. The molecule has 2 aromatic carbocycles. The molecule has 4 rings (SSSR count). The van der Waals surface area contributed by atoms with Gasteiger partial charge < -0.3 is 29.2 Å². The Bertz CT molecular complexity index is 1690. The number of carbonyl (C=O) groups is 2. The number of rotatable bonds is 9. The standard InChI is InChI=1S/C30H31ClF6N4O5/c1-15-7-19(46-29(33)34)6-5-18(15)10-38-28(44)21-13-40(14-30(35,36)37)24-20(26(21)43)8-22(32)25(27(24)45-4)39-11-16(2)41(17(3)12-39)23(42)9-31/h5-8,13,16-17,29H,9-12,14H2,1-4H3,(H,38,44). The number of pyridine rings is 1. The van der Waals surface area contributed by atoms with Crippen LogP contribution >= 0.6 is 11.6 Å². The summed E-state index contributed by atoms with van der Waals surface area (Å²) in [6.07, 6.45) is -4.07. The van der Waals surface area contributed by atoms with E-state index in [1.165, 1.54) is 23.1 Å². The molecule has 3 aromatic rings. The van der Waals surface area contributed by atoms with Gasteiger partial charge in [0.25, 0.3) is 5.91 Å². The van der Waals surface area contributed by atoms with Crippen molar-refractivity contribution in [1.29, 1.82) is 0 Å². The molecule has 2 heterocycles. The second-order valence-electron chi connectivity index (χ2n) is 10.9. The minimum absolute atomic E-state index is 0.0877. The molecule has 0 radical (unpaired) electrons. The molecule has 1 aromatic heterocycles. The smallest absolute Gasteiger partial charge is 0.406 e. The second-order valence-corrected chi connectivity index (χ2v) is 11.2. The third kappa shape index (κ3) is 7.29. The lowest BCUT2D eigenvalue weighted by Gasteiger charge is -2.45. The number of benzene rings is 2. The molecule has 0 spiro atoms. The molecule has 1 fully saturated rings. The molecule has 16 heteroatoms. The van der Waals surface area contributed by atoms with Crippen LogP contribution in [0.1, 0.15) is 35.3 Å². The van der Waals surface area contributed by atoms with Gasteiger partial charge in [0.05, 0.1) is 18.0 Å². The van der Waals surface area contributed by atoms with E-state index in [1.54, 1.807) is 25.7 Å². The molecule has 1 aliphatic heterocycles. The van der Waals surface area contributed by atoms with Crippen molar-refractivity contribution >= 4 is 40.0 Å². The summed E-state index contributed by atoms with van der Waals surface area (Å²) in [5, 5.41) is 1.93. The predicted octanol–water partition coefficient (Wildman–Crippen LogP) is 5.22. The van der Waals surface area contributed by atoms with Crippen LogP contribution in [-0.4, -0.2) is 72.2 Å². The van der Waals surface area contributed by atoms with Crippen LogP contribution in [0.4, 0.5) is 32.0 Å². The van der Waals surface area contributed by atoms with Gasteiger partial charge in [-0.2, -0.15) is 22.0 Å². The molecule has 1 N–H and O–H groups in total. The number of fused-ring (bicyclic) bond motifs is 1. The predicted molar refractivity (Wildman–Crippen MR) is 158 cm³/mol. The average Bonchev–Trinajstić information content (AvgIpc) is 2.95. The molecule has 2 unspecified atom stereocenters. The monoisotopic (exact) mass is 676 g/mol. The summed E-state index contributed by atoms with van der Waals surface area (Å²) < 4.78 is 92.8. The van der Waals surface area contributed by atoms with Crippen molar-refractivity contribution in [3.05, 3.63) is 63.2 Å². The second kappa shape index (κ2) is 13.7. The fourth-order valence-electron chi connectivity index (χ4n) is 5.84. The van der Waals surface area contributed by atoms with E-state index in [0.717, 1.165) is 19.4 Å². The third-order valence-corrected chi connectivity index (χ3v) is 7.89. The van der Waals surface area contributed by atoms with Gasteiger partial charge in [0.2, 0.25) is 11.3 Å². The molecular weight excluding hydrogens is 646 g/mol. The van der Waals surface area contributed by atoms with Gasteiger partial charge in [-0.25, -0.2) is 4.39 Å². The van der Waals surface area contributed by atoms with E-state index in [9.17, 15) is 36.3 Å². The van der Waals surface area contributed by atoms with Crippen LogP contribution in [0, 0.1) is 12.7 Å². The quantitative estimate of drug-likeness (QED) is 0.247. The number of amides is 2. The van der Waals surface area contributed by atoms with Crippen molar-refractivity contribution in [2.24, 2.45) is 0 Å². The minimum atomic E-state index is -4.81. The van der Waals surface area contributed by atoms with E-state index in [4.69, 9.17) is 16.3 Å². The molecule has 0 aliphatic carbocycles. The van der Waals surface area contributed by atoms with Gasteiger partial charge in [0.1, 0.15) is 29.4 Å². The van der Waals surface area contributed by atoms with Crippen molar-refractivity contribution in [2.45, 2.75) is 58.7 Å². The van der Waals surface area contributed by atoms with Gasteiger partial charge in [-0.15, -0.1) is 11.6 Å². The van der Waals surface area contributed by atoms with E-state index < -0.39 is 59.5 Å². The van der Waals surface area contributed by atoms with Crippen LogP contribution < -0.4 is 25.1 Å². The van der Waals surface area contributed by atoms with E-state index in [-0.39, 0.29) is 54.1 Å². The van der Waals surface area contributed by atoms with E-state index in [1.807, 2.05) is 0 Å². The minimum Gasteiger partial charge on any atom is -0.492 e. The Morgan fingerprint density at radius 1 is 1.13 bits per heavy atom. The lowest BCUT2D eigenvalue weighted by molar-refractivity contribution is -0.140. The highest BCUT2D eigenvalue weighted by molar-refractivity contribution is 6.27. The Balaban J connectivity index is 1.77. The Hall–Kier alpha value is -4.14. The molecule has 1 aliphatic rings. The number of hydrogen-bond acceptors (Lipinski definition) is 6. The lowest BCUT2D eigenvalue weighted by Crippen LogP contribution is -2.59. The molecule has 2 amide bonds. The summed E-state index contributed by atoms with van der Waals surface area (Å²) in [5.74, 6) is -3.06. The van der Waals surface area contributed by atoms with Crippen molar-refractivity contribution in [2.75, 3.05) is 31.0 Å². The summed E-state index contributed by atoms with van der Waals surface area (Å²) in [7, 11) is 1.13. The largest absolute Gasteiger partial charge is 0.492 e. The van der Waals surface area contributed by atoms with E-state index >= 15 is 4.39 Å². The van der Waals surface area contributed by atoms with Crippen LogP contribution in [-0.2, 0) is 17.9 Å². The van der Waals surface area contributed by atoms with Crippen LogP contribution in [0.25, 0.3) is 10.9 Å². The SMILES string of the molecule is COc1c(N2CC(C)N(C(=O)CCl)C(C)C2)c(F)cc2c(=O)c(C(=O)NCc3ccc(OC(F)F)cc3C)cn(CC(F)(F)F)c12. The molecule has 2 atom stereocenters.